The highest BCUT2D eigenvalue weighted by molar-refractivity contribution is 7.89. The first-order chi connectivity index (χ1) is 9.95. The van der Waals surface area contributed by atoms with Gasteiger partial charge in [0.05, 0.1) is 22.5 Å². The molecule has 0 bridgehead atoms. The molecule has 1 aromatic rings. The molecule has 0 amide bonds. The minimum absolute atomic E-state index is 0.0444. The molecule has 1 heterocycles. The predicted molar refractivity (Wildman–Crippen MR) is 85.2 cm³/mol. The van der Waals surface area contributed by atoms with Crippen LogP contribution >= 0.6 is 11.3 Å². The van der Waals surface area contributed by atoms with Crippen molar-refractivity contribution in [2.45, 2.75) is 45.6 Å². The van der Waals surface area contributed by atoms with Crippen molar-refractivity contribution in [1.29, 1.82) is 0 Å². The lowest BCUT2D eigenvalue weighted by atomic mass is 9.98. The first-order valence-electron chi connectivity index (χ1n) is 7.45. The van der Waals surface area contributed by atoms with Crippen molar-refractivity contribution in [2.75, 3.05) is 26.0 Å². The molecule has 1 aliphatic carbocycles. The molecule has 1 atom stereocenters. The number of nitrogens with zero attached hydrogens (tertiary/aromatic N) is 2. The summed E-state index contributed by atoms with van der Waals surface area (Å²) in [7, 11) is -1.54. The molecule has 0 saturated carbocycles. The number of aromatic nitrogens is 1. The van der Waals surface area contributed by atoms with Gasteiger partial charge in [0.1, 0.15) is 0 Å². The Labute approximate surface area is 131 Å². The molecule has 1 aromatic heterocycles. The molecule has 0 fully saturated rings. The number of hydrogen-bond acceptors (Lipinski definition) is 5. The van der Waals surface area contributed by atoms with Crippen LogP contribution in [0.25, 0.3) is 0 Å². The smallest absolute Gasteiger partial charge is 0.214 e. The Bertz CT molecular complexity index is 569. The Morgan fingerprint density at radius 1 is 1.48 bits per heavy atom. The fourth-order valence-corrected chi connectivity index (χ4v) is 5.28. The minimum atomic E-state index is -3.24. The van der Waals surface area contributed by atoms with Gasteiger partial charge in [-0.2, -0.15) is 4.31 Å². The molecular weight excluding hydrogens is 308 g/mol. The van der Waals surface area contributed by atoms with E-state index in [9.17, 15) is 8.42 Å². The third-order valence-electron chi connectivity index (χ3n) is 3.80. The number of sulfonamides is 1. The van der Waals surface area contributed by atoms with Crippen LogP contribution in [0.2, 0.25) is 0 Å². The highest BCUT2D eigenvalue weighted by atomic mass is 32.2. The Kier molecular flexibility index (Phi) is 5.76. The Balaban J connectivity index is 2.07. The number of hydrogen-bond donors (Lipinski definition) is 0. The van der Waals surface area contributed by atoms with Gasteiger partial charge in [-0.05, 0) is 39.5 Å². The van der Waals surface area contributed by atoms with Crippen LogP contribution < -0.4 is 0 Å². The van der Waals surface area contributed by atoms with E-state index in [0.717, 1.165) is 34.8 Å². The van der Waals surface area contributed by atoms with Crippen LogP contribution in [0.15, 0.2) is 0 Å². The largest absolute Gasteiger partial charge is 0.382 e. The zero-order chi connectivity index (χ0) is 15.5. The van der Waals surface area contributed by atoms with Gasteiger partial charge in [0, 0.05) is 25.1 Å². The van der Waals surface area contributed by atoms with Gasteiger partial charge in [-0.25, -0.2) is 13.4 Å². The van der Waals surface area contributed by atoms with Gasteiger partial charge < -0.3 is 4.74 Å². The van der Waals surface area contributed by atoms with Crippen molar-refractivity contribution in [3.63, 3.8) is 0 Å². The van der Waals surface area contributed by atoms with Gasteiger partial charge >= 0.3 is 0 Å². The highest BCUT2D eigenvalue weighted by Gasteiger charge is 2.32. The molecule has 120 valence electrons. The second-order valence-electron chi connectivity index (χ2n) is 5.33. The van der Waals surface area contributed by atoms with E-state index in [-0.39, 0.29) is 11.8 Å². The Morgan fingerprint density at radius 3 is 2.95 bits per heavy atom. The standard InChI is InChI=1S/C14H24N2O3S2/c1-4-19-9-6-10-21(17,18)16(3)13-8-5-7-12-14(13)20-11(2)15-12/h13H,4-10H2,1-3H3. The molecular formula is C14H24N2O3S2. The third kappa shape index (κ3) is 4.03. The van der Waals surface area contributed by atoms with Crippen LogP contribution in [0.5, 0.6) is 0 Å². The average Bonchev–Trinajstić information content (AvgIpc) is 2.82. The number of fused-ring (bicyclic) bond motifs is 1. The van der Waals surface area contributed by atoms with Crippen molar-refractivity contribution in [2.24, 2.45) is 0 Å². The van der Waals surface area contributed by atoms with E-state index < -0.39 is 10.0 Å². The Hall–Kier alpha value is -0.500. The van der Waals surface area contributed by atoms with E-state index in [4.69, 9.17) is 4.74 Å². The van der Waals surface area contributed by atoms with Crippen molar-refractivity contribution >= 4 is 21.4 Å². The SMILES string of the molecule is CCOCCCS(=O)(=O)N(C)C1CCCc2nc(C)sc21. The van der Waals surface area contributed by atoms with Crippen LogP contribution in [-0.4, -0.2) is 43.7 Å². The van der Waals surface area contributed by atoms with Gasteiger partial charge in [0.15, 0.2) is 0 Å². The summed E-state index contributed by atoms with van der Waals surface area (Å²) in [4.78, 5) is 5.66. The molecule has 7 heteroatoms. The summed E-state index contributed by atoms with van der Waals surface area (Å²) in [5.74, 6) is 0.146. The summed E-state index contributed by atoms with van der Waals surface area (Å²) in [6.45, 7) is 5.02. The topological polar surface area (TPSA) is 59.5 Å². The van der Waals surface area contributed by atoms with E-state index in [0.29, 0.717) is 19.6 Å². The van der Waals surface area contributed by atoms with Gasteiger partial charge in [-0.3, -0.25) is 0 Å². The van der Waals surface area contributed by atoms with Gasteiger partial charge in [0.2, 0.25) is 10.0 Å². The molecule has 0 N–H and O–H groups in total. The summed E-state index contributed by atoms with van der Waals surface area (Å²) in [6, 6.07) is -0.0444. The molecule has 1 unspecified atom stereocenters. The molecule has 5 nitrogen and oxygen atoms in total. The Morgan fingerprint density at radius 2 is 2.24 bits per heavy atom. The normalized spacial score (nSPS) is 19.0. The molecule has 0 aliphatic heterocycles. The minimum Gasteiger partial charge on any atom is -0.382 e. The fourth-order valence-electron chi connectivity index (χ4n) is 2.69. The quantitative estimate of drug-likeness (QED) is 0.720. The van der Waals surface area contributed by atoms with Gasteiger partial charge in [0.25, 0.3) is 0 Å². The van der Waals surface area contributed by atoms with Crippen molar-refractivity contribution < 1.29 is 13.2 Å². The highest BCUT2D eigenvalue weighted by Crippen LogP contribution is 2.38. The maximum absolute atomic E-state index is 12.5. The van der Waals surface area contributed by atoms with E-state index in [1.165, 1.54) is 0 Å². The van der Waals surface area contributed by atoms with Crippen LogP contribution in [0.4, 0.5) is 0 Å². The van der Waals surface area contributed by atoms with Crippen LogP contribution in [0.1, 0.15) is 47.8 Å². The lowest BCUT2D eigenvalue weighted by Gasteiger charge is -2.29. The van der Waals surface area contributed by atoms with Gasteiger partial charge in [-0.1, -0.05) is 0 Å². The number of ether oxygens (including phenoxy) is 1. The van der Waals surface area contributed by atoms with E-state index in [1.807, 2.05) is 13.8 Å². The zero-order valence-electron chi connectivity index (χ0n) is 13.0. The van der Waals surface area contributed by atoms with E-state index in [1.54, 1.807) is 22.7 Å². The van der Waals surface area contributed by atoms with E-state index in [2.05, 4.69) is 4.98 Å². The molecule has 1 aliphatic rings. The van der Waals surface area contributed by atoms with Crippen molar-refractivity contribution in [1.82, 2.24) is 9.29 Å². The molecule has 0 saturated heterocycles. The van der Waals surface area contributed by atoms with Crippen LogP contribution in [0.3, 0.4) is 0 Å². The summed E-state index contributed by atoms with van der Waals surface area (Å²) in [5.41, 5.74) is 1.09. The number of rotatable bonds is 7. The van der Waals surface area contributed by atoms with Crippen molar-refractivity contribution in [3.05, 3.63) is 15.6 Å². The second kappa shape index (κ2) is 7.17. The molecule has 21 heavy (non-hydrogen) atoms. The summed E-state index contributed by atoms with van der Waals surface area (Å²) in [5, 5.41) is 1.02. The number of aryl methyl sites for hydroxylation is 2. The summed E-state index contributed by atoms with van der Waals surface area (Å²) >= 11 is 1.63. The zero-order valence-corrected chi connectivity index (χ0v) is 14.6. The van der Waals surface area contributed by atoms with Crippen LogP contribution in [-0.2, 0) is 21.2 Å². The molecule has 0 aromatic carbocycles. The second-order valence-corrected chi connectivity index (χ2v) is 8.72. The maximum Gasteiger partial charge on any atom is 0.214 e. The summed E-state index contributed by atoms with van der Waals surface area (Å²) in [6.07, 6.45) is 3.39. The lowest BCUT2D eigenvalue weighted by Crippen LogP contribution is -2.34. The molecule has 0 radical (unpaired) electrons. The fraction of sp³-hybridized carbons (Fsp3) is 0.786. The summed E-state index contributed by atoms with van der Waals surface area (Å²) < 4.78 is 31.7. The first-order valence-corrected chi connectivity index (χ1v) is 9.88. The monoisotopic (exact) mass is 332 g/mol. The first kappa shape index (κ1) is 16.9. The molecule has 0 spiro atoms. The lowest BCUT2D eigenvalue weighted by molar-refractivity contribution is 0.148. The van der Waals surface area contributed by atoms with Crippen molar-refractivity contribution in [3.8, 4) is 0 Å². The third-order valence-corrected chi connectivity index (χ3v) is 6.85. The van der Waals surface area contributed by atoms with Gasteiger partial charge in [-0.15, -0.1) is 11.3 Å². The molecule has 2 rings (SSSR count). The van der Waals surface area contributed by atoms with E-state index >= 15 is 0 Å². The average molecular weight is 332 g/mol. The predicted octanol–water partition coefficient (Wildman–Crippen LogP) is 2.52. The number of thiazole rings is 1. The maximum atomic E-state index is 12.5. The van der Waals surface area contributed by atoms with Crippen LogP contribution in [0, 0.1) is 6.92 Å².